The van der Waals surface area contributed by atoms with E-state index in [1.807, 2.05) is 48.5 Å². The number of esters is 5. The van der Waals surface area contributed by atoms with E-state index in [0.29, 0.717) is 49.2 Å². The zero-order chi connectivity index (χ0) is 54.5. The minimum absolute atomic E-state index is 0.00476. The summed E-state index contributed by atoms with van der Waals surface area (Å²) >= 11 is 0. The molecule has 0 fully saturated rings. The number of hydrogen-bond acceptors (Lipinski definition) is 15. The molecule has 0 aliphatic carbocycles. The Morgan fingerprint density at radius 2 is 0.896 bits per heavy atom. The van der Waals surface area contributed by atoms with Gasteiger partial charge >= 0.3 is 29.8 Å². The van der Waals surface area contributed by atoms with Gasteiger partial charge in [-0.05, 0) is 177 Å². The third-order valence-electron chi connectivity index (χ3n) is 11.3. The van der Waals surface area contributed by atoms with E-state index in [2.05, 4.69) is 31.1 Å². The molecule has 6 rings (SSSR count). The number of benzene rings is 6. The van der Waals surface area contributed by atoms with Crippen molar-refractivity contribution < 1.29 is 66.6 Å². The van der Waals surface area contributed by atoms with E-state index in [1.54, 1.807) is 60.7 Å². The fraction of sp³-hybridized carbons (Fsp3) is 0.258. The second kappa shape index (κ2) is 31.5. The van der Waals surface area contributed by atoms with Gasteiger partial charge in [0.15, 0.2) is 0 Å². The van der Waals surface area contributed by atoms with Crippen molar-refractivity contribution in [2.24, 2.45) is 0 Å². The number of rotatable bonds is 30. The van der Waals surface area contributed by atoms with Crippen molar-refractivity contribution in [1.82, 2.24) is 0 Å². The maximum atomic E-state index is 13.6. The van der Waals surface area contributed by atoms with Crippen LogP contribution in [-0.2, 0) is 28.5 Å². The van der Waals surface area contributed by atoms with E-state index < -0.39 is 29.8 Å². The Morgan fingerprint density at radius 1 is 0.416 bits per heavy atom. The number of nitrogens with zero attached hydrogens (tertiary/aromatic N) is 1. The van der Waals surface area contributed by atoms with Crippen molar-refractivity contribution in [3.63, 3.8) is 0 Å². The van der Waals surface area contributed by atoms with Crippen molar-refractivity contribution in [3.05, 3.63) is 186 Å². The van der Waals surface area contributed by atoms with Gasteiger partial charge in [-0.3, -0.25) is 0 Å². The Balaban J connectivity index is 0.992. The Bertz CT molecular complexity index is 3060. The van der Waals surface area contributed by atoms with Crippen LogP contribution in [0.3, 0.4) is 0 Å². The maximum absolute atomic E-state index is 13.6. The van der Waals surface area contributed by atoms with Crippen LogP contribution >= 0.6 is 0 Å². The van der Waals surface area contributed by atoms with Crippen LogP contribution in [0, 0.1) is 23.2 Å². The zero-order valence-electron chi connectivity index (χ0n) is 42.7. The molecule has 77 heavy (non-hydrogen) atoms. The molecule has 0 heterocycles. The number of unbranched alkanes of at least 4 members (excludes halogenated alkanes) is 6. The first kappa shape index (κ1) is 57.1. The number of hydrogen-bond donors (Lipinski definition) is 0. The standard InChI is InChI=1S/C62H59NO14/c1-3-58(64)73-35-11-7-5-9-33-70-52-26-21-48(22-27-52)60(66)76-55-31-32-57(77-61(67)49-23-28-53(29-24-49)71-34-10-6-8-12-36-74-59(65)4-2)56(43-55)62(68)75-40-38-69-37-39-72-54-30-25-50-41-46(19-20-51(50)42-54)16-13-45-14-17-47(44-63)18-15-45/h3-4,14-15,17-32,41-43H,1-2,5-12,33-40H2. The van der Waals surface area contributed by atoms with Gasteiger partial charge in [0.25, 0.3) is 0 Å². The number of ether oxygens (including phenoxy) is 9. The highest BCUT2D eigenvalue weighted by Crippen LogP contribution is 2.28. The first-order chi connectivity index (χ1) is 37.6. The topological polar surface area (TPSA) is 192 Å². The number of fused-ring (bicyclic) bond motifs is 1. The molecule has 6 aromatic rings. The summed E-state index contributed by atoms with van der Waals surface area (Å²) in [4.78, 5) is 62.6. The lowest BCUT2D eigenvalue weighted by molar-refractivity contribution is -0.138. The fourth-order valence-corrected chi connectivity index (χ4v) is 7.23. The van der Waals surface area contributed by atoms with Crippen molar-refractivity contribution in [1.29, 1.82) is 5.26 Å². The molecule has 0 N–H and O–H groups in total. The van der Waals surface area contributed by atoms with Crippen LogP contribution in [0.25, 0.3) is 10.8 Å². The molecule has 0 atom stereocenters. The minimum Gasteiger partial charge on any atom is -0.494 e. The Labute approximate surface area is 447 Å². The lowest BCUT2D eigenvalue weighted by Crippen LogP contribution is -2.16. The van der Waals surface area contributed by atoms with E-state index in [4.69, 9.17) is 47.9 Å². The summed E-state index contributed by atoms with van der Waals surface area (Å²) in [6, 6.07) is 37.6. The second-order valence-electron chi connectivity index (χ2n) is 17.0. The minimum atomic E-state index is -0.857. The van der Waals surface area contributed by atoms with E-state index in [9.17, 15) is 24.0 Å². The Morgan fingerprint density at radius 3 is 1.49 bits per heavy atom. The summed E-state index contributed by atoms with van der Waals surface area (Å²) in [6.07, 6.45) is 8.83. The molecule has 0 unspecified atom stereocenters. The van der Waals surface area contributed by atoms with Crippen molar-refractivity contribution in [2.75, 3.05) is 52.9 Å². The Hall–Kier alpha value is -9.18. The predicted molar refractivity (Wildman–Crippen MR) is 287 cm³/mol. The monoisotopic (exact) mass is 1040 g/mol. The quantitative estimate of drug-likeness (QED) is 0.0103. The van der Waals surface area contributed by atoms with Gasteiger partial charge in [-0.25, -0.2) is 24.0 Å². The van der Waals surface area contributed by atoms with Crippen LogP contribution in [0.2, 0.25) is 0 Å². The maximum Gasteiger partial charge on any atom is 0.343 e. The van der Waals surface area contributed by atoms with Gasteiger partial charge < -0.3 is 42.6 Å². The largest absolute Gasteiger partial charge is 0.494 e. The van der Waals surface area contributed by atoms with Crippen LogP contribution in [0.15, 0.2) is 153 Å². The van der Waals surface area contributed by atoms with E-state index in [1.165, 1.54) is 18.2 Å². The molecule has 0 radical (unpaired) electrons. The molecule has 6 aromatic carbocycles. The summed E-state index contributed by atoms with van der Waals surface area (Å²) < 4.78 is 50.1. The first-order valence-electron chi connectivity index (χ1n) is 25.2. The number of nitriles is 1. The van der Waals surface area contributed by atoms with Gasteiger partial charge in [-0.15, -0.1) is 0 Å². The lowest BCUT2D eigenvalue weighted by Gasteiger charge is -2.13. The van der Waals surface area contributed by atoms with Gasteiger partial charge in [0.05, 0.1) is 62.4 Å². The van der Waals surface area contributed by atoms with Crippen molar-refractivity contribution in [3.8, 4) is 46.7 Å². The average molecular weight is 1040 g/mol. The summed E-state index contributed by atoms with van der Waals surface area (Å²) in [6.45, 7) is 8.64. The number of carbonyl (C=O) groups is 5. The SMILES string of the molecule is C=CC(=O)OCCCCCCOc1ccc(C(=O)Oc2ccc(OC(=O)c3ccc(OCCCCCCOC(=O)C=C)cc3)c(C(=O)OCCOCCOc3ccc4cc(C#Cc5ccc(C#N)cc5)ccc4c3)c2)cc1. The molecule has 396 valence electrons. The van der Waals surface area contributed by atoms with Crippen molar-refractivity contribution in [2.45, 2.75) is 51.4 Å². The number of carbonyl (C=O) groups excluding carboxylic acids is 5. The first-order valence-corrected chi connectivity index (χ1v) is 25.2. The predicted octanol–water partition coefficient (Wildman–Crippen LogP) is 11.1. The highest BCUT2D eigenvalue weighted by atomic mass is 16.6. The van der Waals surface area contributed by atoms with Gasteiger partial charge in [-0.1, -0.05) is 37.1 Å². The fourth-order valence-electron chi connectivity index (χ4n) is 7.23. The molecule has 0 saturated carbocycles. The third kappa shape index (κ3) is 19.9. The van der Waals surface area contributed by atoms with Crippen LogP contribution in [0.1, 0.15) is 99.1 Å². The highest BCUT2D eigenvalue weighted by molar-refractivity contribution is 5.97. The van der Waals surface area contributed by atoms with Crippen LogP contribution in [0.4, 0.5) is 0 Å². The average Bonchev–Trinajstić information content (AvgIpc) is 3.46. The van der Waals surface area contributed by atoms with E-state index in [0.717, 1.165) is 85.4 Å². The molecule has 0 bridgehead atoms. The lowest BCUT2D eigenvalue weighted by atomic mass is 10.1. The molecule has 0 aliphatic heterocycles. The van der Waals surface area contributed by atoms with Gasteiger partial charge in [0.2, 0.25) is 0 Å². The summed E-state index contributed by atoms with van der Waals surface area (Å²) in [5, 5.41) is 11.0. The summed E-state index contributed by atoms with van der Waals surface area (Å²) in [7, 11) is 0. The van der Waals surface area contributed by atoms with Gasteiger partial charge in [0, 0.05) is 23.3 Å². The molecule has 0 saturated heterocycles. The smallest absolute Gasteiger partial charge is 0.343 e. The van der Waals surface area contributed by atoms with Crippen LogP contribution in [0.5, 0.6) is 28.7 Å². The molecule has 0 amide bonds. The van der Waals surface area contributed by atoms with Crippen LogP contribution in [-0.4, -0.2) is 82.7 Å². The van der Waals surface area contributed by atoms with Crippen LogP contribution < -0.4 is 23.7 Å². The van der Waals surface area contributed by atoms with Gasteiger partial charge in [0.1, 0.15) is 47.5 Å². The zero-order valence-corrected chi connectivity index (χ0v) is 42.7. The Kier molecular flexibility index (Phi) is 23.4. The molecule has 0 aliphatic rings. The van der Waals surface area contributed by atoms with E-state index in [-0.39, 0.29) is 54.6 Å². The van der Waals surface area contributed by atoms with Gasteiger partial charge in [-0.2, -0.15) is 5.26 Å². The molecular weight excluding hydrogens is 983 g/mol. The molecule has 0 aromatic heterocycles. The second-order valence-corrected chi connectivity index (χ2v) is 17.0. The third-order valence-corrected chi connectivity index (χ3v) is 11.3. The van der Waals surface area contributed by atoms with E-state index >= 15 is 0 Å². The molecular formula is C62H59NO14. The summed E-state index contributed by atoms with van der Waals surface area (Å²) in [5.41, 5.74) is 2.48. The van der Waals surface area contributed by atoms with Crippen molar-refractivity contribution >= 4 is 40.6 Å². The normalized spacial score (nSPS) is 10.4. The molecule has 15 heteroatoms. The molecule has 15 nitrogen and oxygen atoms in total. The highest BCUT2D eigenvalue weighted by Gasteiger charge is 2.21. The molecule has 0 spiro atoms. The summed E-state index contributed by atoms with van der Waals surface area (Å²) in [5.74, 6) is 4.72.